The van der Waals surface area contributed by atoms with Crippen molar-refractivity contribution >= 4 is 34.4 Å². The molecule has 0 fully saturated rings. The largest absolute Gasteiger partial charge is 0.269 e. The van der Waals surface area contributed by atoms with Crippen molar-refractivity contribution in [1.82, 2.24) is 29.7 Å². The number of fused-ring (bicyclic) bond motifs is 3. The van der Waals surface area contributed by atoms with Gasteiger partial charge in [-0.15, -0.1) is 5.10 Å². The Bertz CT molecular complexity index is 898. The fourth-order valence-corrected chi connectivity index (χ4v) is 2.97. The number of rotatable bonds is 2. The van der Waals surface area contributed by atoms with Gasteiger partial charge in [0.25, 0.3) is 11.8 Å². The molecule has 9 heteroatoms. The number of hydrogen-bond donors (Lipinski definition) is 1. The quantitative estimate of drug-likeness (QED) is 0.705. The van der Waals surface area contributed by atoms with Crippen LogP contribution in [0.4, 0.5) is 0 Å². The van der Waals surface area contributed by atoms with Crippen molar-refractivity contribution in [1.29, 1.82) is 0 Å². The van der Waals surface area contributed by atoms with Gasteiger partial charge in [0.2, 0.25) is 0 Å². The molecule has 0 radical (unpaired) electrons. The van der Waals surface area contributed by atoms with Crippen molar-refractivity contribution in [3.8, 4) is 0 Å². The van der Waals surface area contributed by atoms with Gasteiger partial charge in [-0.1, -0.05) is 4.49 Å². The molecule has 8 nitrogen and oxygen atoms in total. The van der Waals surface area contributed by atoms with Crippen molar-refractivity contribution in [2.45, 2.75) is 13.5 Å². The highest BCUT2D eigenvalue weighted by Crippen LogP contribution is 2.29. The summed E-state index contributed by atoms with van der Waals surface area (Å²) < 4.78 is 3.82. The molecule has 1 aliphatic heterocycles. The second kappa shape index (κ2) is 4.16. The van der Waals surface area contributed by atoms with Crippen LogP contribution in [-0.2, 0) is 6.54 Å². The summed E-state index contributed by atoms with van der Waals surface area (Å²) in [7, 11) is 0. The van der Waals surface area contributed by atoms with Crippen molar-refractivity contribution in [2.75, 3.05) is 0 Å². The molecule has 3 aromatic rings. The molecule has 3 aromatic heterocycles. The Morgan fingerprint density at radius 1 is 1.29 bits per heavy atom. The number of pyridine rings is 1. The standard InChI is InChI=1S/C12H8N6O2S/c1-5-8(21-17-15-5)4-18-11(19)7-2-13-10-6(3-14-16-10)9(7)12(18)20/h2-3H,4H2,1H3,(H,13,14,16). The Kier molecular flexibility index (Phi) is 2.39. The molecule has 0 aliphatic carbocycles. The smallest absolute Gasteiger partial charge is 0.263 e. The third-order valence-electron chi connectivity index (χ3n) is 3.46. The van der Waals surface area contributed by atoms with Crippen LogP contribution < -0.4 is 0 Å². The monoisotopic (exact) mass is 300 g/mol. The maximum Gasteiger partial charge on any atom is 0.263 e. The van der Waals surface area contributed by atoms with Crippen LogP contribution in [0.15, 0.2) is 12.4 Å². The molecular weight excluding hydrogens is 292 g/mol. The average Bonchev–Trinajstić information content (AvgIpc) is 3.15. The van der Waals surface area contributed by atoms with Crippen LogP contribution in [0.5, 0.6) is 0 Å². The van der Waals surface area contributed by atoms with Gasteiger partial charge < -0.3 is 0 Å². The molecule has 0 spiro atoms. The summed E-state index contributed by atoms with van der Waals surface area (Å²) in [5.41, 5.74) is 1.88. The second-order valence-corrected chi connectivity index (χ2v) is 5.50. The van der Waals surface area contributed by atoms with Gasteiger partial charge in [0, 0.05) is 6.20 Å². The first-order chi connectivity index (χ1) is 10.2. The van der Waals surface area contributed by atoms with Crippen molar-refractivity contribution < 1.29 is 9.59 Å². The molecule has 2 amide bonds. The molecule has 0 saturated carbocycles. The van der Waals surface area contributed by atoms with E-state index >= 15 is 0 Å². The van der Waals surface area contributed by atoms with Gasteiger partial charge in [-0.05, 0) is 18.5 Å². The molecule has 21 heavy (non-hydrogen) atoms. The number of imide groups is 1. The average molecular weight is 300 g/mol. The first kappa shape index (κ1) is 12.1. The number of hydrogen-bond acceptors (Lipinski definition) is 7. The summed E-state index contributed by atoms with van der Waals surface area (Å²) in [6.07, 6.45) is 2.92. The molecule has 1 aliphatic rings. The van der Waals surface area contributed by atoms with E-state index in [9.17, 15) is 9.59 Å². The van der Waals surface area contributed by atoms with Gasteiger partial charge in [0.15, 0.2) is 5.65 Å². The van der Waals surface area contributed by atoms with Crippen LogP contribution in [0.25, 0.3) is 11.0 Å². The number of aromatic nitrogens is 5. The summed E-state index contributed by atoms with van der Waals surface area (Å²) in [4.78, 5) is 31.1. The lowest BCUT2D eigenvalue weighted by Crippen LogP contribution is -2.29. The van der Waals surface area contributed by atoms with Gasteiger partial charge in [-0.3, -0.25) is 19.6 Å². The van der Waals surface area contributed by atoms with E-state index < -0.39 is 0 Å². The lowest BCUT2D eigenvalue weighted by atomic mass is 10.1. The molecule has 4 heterocycles. The highest BCUT2D eigenvalue weighted by Gasteiger charge is 2.38. The maximum atomic E-state index is 12.6. The fraction of sp³-hybridized carbons (Fsp3) is 0.167. The summed E-state index contributed by atoms with van der Waals surface area (Å²) >= 11 is 1.18. The summed E-state index contributed by atoms with van der Waals surface area (Å²) in [5, 5.41) is 11.0. The lowest BCUT2D eigenvalue weighted by molar-refractivity contribution is 0.0644. The topological polar surface area (TPSA) is 105 Å². The molecule has 4 rings (SSSR count). The van der Waals surface area contributed by atoms with Crippen LogP contribution in [0, 0.1) is 6.92 Å². The van der Waals surface area contributed by atoms with Gasteiger partial charge >= 0.3 is 0 Å². The van der Waals surface area contributed by atoms with E-state index in [0.717, 1.165) is 10.6 Å². The third-order valence-corrected chi connectivity index (χ3v) is 4.27. The molecular formula is C12H8N6O2S. The molecule has 0 bridgehead atoms. The number of amides is 2. The molecule has 0 unspecified atom stereocenters. The van der Waals surface area contributed by atoms with Crippen LogP contribution >= 0.6 is 11.5 Å². The van der Waals surface area contributed by atoms with E-state index in [-0.39, 0.29) is 18.4 Å². The first-order valence-corrected chi connectivity index (χ1v) is 6.90. The van der Waals surface area contributed by atoms with E-state index in [0.29, 0.717) is 22.2 Å². The summed E-state index contributed by atoms with van der Waals surface area (Å²) in [5.74, 6) is -0.685. The number of carbonyl (C=O) groups is 2. The minimum absolute atomic E-state index is 0.176. The maximum absolute atomic E-state index is 12.6. The Morgan fingerprint density at radius 2 is 2.14 bits per heavy atom. The number of carbonyl (C=O) groups excluding carboxylic acids is 2. The number of nitrogens with zero attached hydrogens (tertiary/aromatic N) is 5. The fourth-order valence-electron chi connectivity index (χ4n) is 2.35. The van der Waals surface area contributed by atoms with E-state index in [1.165, 1.54) is 28.8 Å². The predicted molar refractivity (Wildman–Crippen MR) is 72.7 cm³/mol. The molecule has 0 atom stereocenters. The lowest BCUT2D eigenvalue weighted by Gasteiger charge is -2.11. The van der Waals surface area contributed by atoms with E-state index in [4.69, 9.17) is 0 Å². The minimum Gasteiger partial charge on any atom is -0.269 e. The minimum atomic E-state index is -0.349. The zero-order valence-electron chi connectivity index (χ0n) is 10.8. The van der Waals surface area contributed by atoms with Gasteiger partial charge in [-0.25, -0.2) is 4.98 Å². The number of nitrogens with one attached hydrogen (secondary N) is 1. The van der Waals surface area contributed by atoms with Crippen molar-refractivity contribution in [3.05, 3.63) is 34.1 Å². The SMILES string of the molecule is Cc1nnsc1CN1C(=O)c2cnc3[nH]ncc3c2C1=O. The van der Waals surface area contributed by atoms with Gasteiger partial charge in [-0.2, -0.15) is 5.10 Å². The zero-order chi connectivity index (χ0) is 14.6. The summed E-state index contributed by atoms with van der Waals surface area (Å²) in [6, 6.07) is 0. The van der Waals surface area contributed by atoms with Crippen LogP contribution in [0.3, 0.4) is 0 Å². The highest BCUT2D eigenvalue weighted by atomic mass is 32.1. The second-order valence-electron chi connectivity index (χ2n) is 4.66. The van der Waals surface area contributed by atoms with Gasteiger partial charge in [0.05, 0.1) is 39.8 Å². The summed E-state index contributed by atoms with van der Waals surface area (Å²) in [6.45, 7) is 1.97. The molecule has 1 N–H and O–H groups in total. The number of aromatic amines is 1. The molecule has 0 aromatic carbocycles. The Morgan fingerprint density at radius 3 is 2.90 bits per heavy atom. The number of aryl methyl sites for hydroxylation is 1. The Hall–Kier alpha value is -2.68. The molecule has 0 saturated heterocycles. The first-order valence-electron chi connectivity index (χ1n) is 6.13. The normalized spacial score (nSPS) is 14.2. The molecule has 104 valence electrons. The van der Waals surface area contributed by atoms with Crippen molar-refractivity contribution in [3.63, 3.8) is 0 Å². The van der Waals surface area contributed by atoms with Crippen LogP contribution in [0.2, 0.25) is 0 Å². The van der Waals surface area contributed by atoms with E-state index in [1.807, 2.05) is 0 Å². The Labute approximate surface area is 122 Å². The van der Waals surface area contributed by atoms with Crippen LogP contribution in [-0.4, -0.2) is 41.5 Å². The predicted octanol–water partition coefficient (Wildman–Crippen LogP) is 0.914. The Balaban J connectivity index is 1.81. The van der Waals surface area contributed by atoms with E-state index in [2.05, 4.69) is 24.8 Å². The van der Waals surface area contributed by atoms with E-state index in [1.54, 1.807) is 6.92 Å². The van der Waals surface area contributed by atoms with Crippen molar-refractivity contribution in [2.24, 2.45) is 0 Å². The zero-order valence-corrected chi connectivity index (χ0v) is 11.6. The third kappa shape index (κ3) is 1.61. The van der Waals surface area contributed by atoms with Crippen LogP contribution in [0.1, 0.15) is 31.3 Å². The highest BCUT2D eigenvalue weighted by molar-refractivity contribution is 7.05. The van der Waals surface area contributed by atoms with Gasteiger partial charge in [0.1, 0.15) is 0 Å². The number of H-pyrrole nitrogens is 1.